The zero-order valence-corrected chi connectivity index (χ0v) is 14.4. The number of halogens is 6. The van der Waals surface area contributed by atoms with Gasteiger partial charge in [-0.2, -0.15) is 13.2 Å². The quantitative estimate of drug-likeness (QED) is 0.599. The van der Waals surface area contributed by atoms with E-state index in [1.807, 2.05) is 0 Å². The molecule has 0 saturated carbocycles. The largest absolute Gasteiger partial charge is 0.416 e. The molecule has 108 valence electrons. The summed E-state index contributed by atoms with van der Waals surface area (Å²) in [5.74, 6) is 0. The summed E-state index contributed by atoms with van der Waals surface area (Å²) in [6.45, 7) is 0. The Labute approximate surface area is 139 Å². The zero-order chi connectivity index (χ0) is 15.1. The van der Waals surface area contributed by atoms with Crippen LogP contribution in [0.25, 0.3) is 0 Å². The topological polar surface area (TPSA) is 26.0 Å². The molecule has 0 aliphatic heterocycles. The molecule has 0 saturated heterocycles. The first-order valence-corrected chi connectivity index (χ1v) is 8.05. The van der Waals surface area contributed by atoms with E-state index in [9.17, 15) is 13.2 Å². The number of benzene rings is 1. The molecule has 1 aromatic heterocycles. The third-order valence-electron chi connectivity index (χ3n) is 2.63. The lowest BCUT2D eigenvalue weighted by Gasteiger charge is -2.17. The normalized spacial score (nSPS) is 13.6. The van der Waals surface area contributed by atoms with Crippen molar-refractivity contribution in [3.05, 3.63) is 53.6 Å². The van der Waals surface area contributed by atoms with Crippen molar-refractivity contribution in [3.8, 4) is 0 Å². The third-order valence-corrected chi connectivity index (χ3v) is 5.68. The number of nitrogens with two attached hydrogens (primary N) is 1. The average molecular weight is 450 g/mol. The molecule has 0 bridgehead atoms. The molecule has 0 amide bonds. The summed E-state index contributed by atoms with van der Waals surface area (Å²) < 4.78 is 40.2. The van der Waals surface area contributed by atoms with Crippen LogP contribution in [0, 0.1) is 0 Å². The summed E-state index contributed by atoms with van der Waals surface area (Å²) >= 11 is 13.4. The van der Waals surface area contributed by atoms with Gasteiger partial charge in [-0.3, -0.25) is 0 Å². The van der Waals surface area contributed by atoms with E-state index in [2.05, 4.69) is 31.9 Å². The first kappa shape index (κ1) is 16.3. The lowest BCUT2D eigenvalue weighted by molar-refractivity contribution is -0.138. The molecule has 1 nitrogen and oxygen atoms in total. The Hall–Kier alpha value is -0.0800. The van der Waals surface area contributed by atoms with Crippen LogP contribution >= 0.6 is 54.8 Å². The van der Waals surface area contributed by atoms with Gasteiger partial charge in [0, 0.05) is 9.35 Å². The maximum absolute atomic E-state index is 13.1. The molecule has 2 rings (SSSR count). The fourth-order valence-electron chi connectivity index (χ4n) is 1.72. The molecule has 1 heterocycles. The van der Waals surface area contributed by atoms with Crippen LogP contribution in [-0.2, 0) is 6.18 Å². The minimum atomic E-state index is -4.46. The van der Waals surface area contributed by atoms with Crippen LogP contribution < -0.4 is 5.73 Å². The number of thiophene rings is 1. The van der Waals surface area contributed by atoms with E-state index in [0.717, 1.165) is 6.07 Å². The number of hydrogen-bond donors (Lipinski definition) is 1. The second-order valence-electron chi connectivity index (χ2n) is 3.98. The Kier molecular flexibility index (Phi) is 4.86. The van der Waals surface area contributed by atoms with E-state index in [1.54, 1.807) is 6.07 Å². The molecule has 2 aromatic rings. The molecule has 2 N–H and O–H groups in total. The van der Waals surface area contributed by atoms with Gasteiger partial charge in [-0.05, 0) is 39.7 Å². The van der Waals surface area contributed by atoms with Crippen LogP contribution in [0.3, 0.4) is 0 Å². The average Bonchev–Trinajstić information content (AvgIpc) is 2.67. The molecule has 20 heavy (non-hydrogen) atoms. The monoisotopic (exact) mass is 447 g/mol. The van der Waals surface area contributed by atoms with E-state index in [1.165, 1.54) is 23.5 Å². The molecule has 0 fully saturated rings. The van der Waals surface area contributed by atoms with E-state index >= 15 is 0 Å². The van der Waals surface area contributed by atoms with Crippen molar-refractivity contribution < 1.29 is 13.2 Å². The SMILES string of the molecule is NC(c1cc(Cl)c(Br)s1)c1ccc(Br)cc1C(F)(F)F. The highest BCUT2D eigenvalue weighted by Crippen LogP contribution is 2.41. The van der Waals surface area contributed by atoms with Crippen molar-refractivity contribution in [2.45, 2.75) is 12.2 Å². The molecule has 8 heteroatoms. The Morgan fingerprint density at radius 2 is 1.85 bits per heavy atom. The van der Waals surface area contributed by atoms with Crippen LogP contribution in [0.1, 0.15) is 22.0 Å². The van der Waals surface area contributed by atoms with Gasteiger partial charge in [-0.25, -0.2) is 0 Å². The molecule has 0 spiro atoms. The lowest BCUT2D eigenvalue weighted by atomic mass is 9.99. The molecule has 0 aliphatic rings. The second-order valence-corrected chi connectivity index (χ2v) is 7.70. The van der Waals surface area contributed by atoms with Crippen LogP contribution in [0.4, 0.5) is 13.2 Å². The summed E-state index contributed by atoms with van der Waals surface area (Å²) in [6.07, 6.45) is -4.46. The van der Waals surface area contributed by atoms with Gasteiger partial charge in [0.15, 0.2) is 0 Å². The molecular formula is C12H7Br2ClF3NS. The zero-order valence-electron chi connectivity index (χ0n) is 9.64. The van der Waals surface area contributed by atoms with E-state index in [-0.39, 0.29) is 5.56 Å². The van der Waals surface area contributed by atoms with Gasteiger partial charge >= 0.3 is 6.18 Å². The Morgan fingerprint density at radius 1 is 1.20 bits per heavy atom. The van der Waals surface area contributed by atoms with Crippen molar-refractivity contribution in [2.75, 3.05) is 0 Å². The van der Waals surface area contributed by atoms with Gasteiger partial charge in [0.25, 0.3) is 0 Å². The second kappa shape index (κ2) is 5.96. The lowest BCUT2D eigenvalue weighted by Crippen LogP contribution is -2.17. The van der Waals surface area contributed by atoms with Gasteiger partial charge in [0.1, 0.15) is 0 Å². The number of alkyl halides is 3. The predicted molar refractivity (Wildman–Crippen MR) is 82.2 cm³/mol. The van der Waals surface area contributed by atoms with E-state index in [0.29, 0.717) is 18.2 Å². The van der Waals surface area contributed by atoms with E-state index < -0.39 is 17.8 Å². The molecule has 1 atom stereocenters. The highest BCUT2D eigenvalue weighted by molar-refractivity contribution is 9.11. The summed E-state index contributed by atoms with van der Waals surface area (Å²) in [7, 11) is 0. The third kappa shape index (κ3) is 3.39. The van der Waals surface area contributed by atoms with Crippen molar-refractivity contribution in [1.29, 1.82) is 0 Å². The Balaban J connectivity index is 2.52. The van der Waals surface area contributed by atoms with Crippen molar-refractivity contribution in [1.82, 2.24) is 0 Å². The standard InChI is InChI=1S/C12H7Br2ClF3NS/c13-5-1-2-6(7(3-5)12(16,17)18)10(19)9-4-8(15)11(14)20-9/h1-4,10H,19H2. The summed E-state index contributed by atoms with van der Waals surface area (Å²) in [6, 6.07) is 4.63. The van der Waals surface area contributed by atoms with Crippen molar-refractivity contribution in [2.24, 2.45) is 5.73 Å². The van der Waals surface area contributed by atoms with Crippen LogP contribution in [0.5, 0.6) is 0 Å². The summed E-state index contributed by atoms with van der Waals surface area (Å²) in [4.78, 5) is 0.565. The van der Waals surface area contributed by atoms with Crippen molar-refractivity contribution >= 4 is 54.8 Å². The maximum Gasteiger partial charge on any atom is 0.416 e. The van der Waals surface area contributed by atoms with Gasteiger partial charge in [0.05, 0.1) is 20.4 Å². The number of hydrogen-bond acceptors (Lipinski definition) is 2. The first-order chi connectivity index (χ1) is 9.20. The molecule has 0 aliphatic carbocycles. The predicted octanol–water partition coefficient (Wildman–Crippen LogP) is 5.99. The number of rotatable bonds is 2. The molecule has 1 aromatic carbocycles. The van der Waals surface area contributed by atoms with Gasteiger partial charge in [-0.1, -0.05) is 33.6 Å². The minimum absolute atomic E-state index is 0.0196. The molecular weight excluding hydrogens is 442 g/mol. The minimum Gasteiger partial charge on any atom is -0.320 e. The van der Waals surface area contributed by atoms with Crippen LogP contribution in [0.15, 0.2) is 32.5 Å². The van der Waals surface area contributed by atoms with E-state index in [4.69, 9.17) is 17.3 Å². The maximum atomic E-state index is 13.1. The van der Waals surface area contributed by atoms with Crippen molar-refractivity contribution in [3.63, 3.8) is 0 Å². The fourth-order valence-corrected chi connectivity index (χ4v) is 3.84. The van der Waals surface area contributed by atoms with Gasteiger partial charge in [0.2, 0.25) is 0 Å². The van der Waals surface area contributed by atoms with Gasteiger partial charge < -0.3 is 5.73 Å². The van der Waals surface area contributed by atoms with Crippen LogP contribution in [0.2, 0.25) is 5.02 Å². The first-order valence-electron chi connectivity index (χ1n) is 5.27. The summed E-state index contributed by atoms with van der Waals surface area (Å²) in [5, 5.41) is 0.436. The highest BCUT2D eigenvalue weighted by Gasteiger charge is 2.35. The molecule has 0 radical (unpaired) electrons. The summed E-state index contributed by atoms with van der Waals surface area (Å²) in [5.41, 5.74) is 5.23. The Morgan fingerprint density at radius 3 is 2.35 bits per heavy atom. The smallest absolute Gasteiger partial charge is 0.320 e. The molecule has 1 unspecified atom stereocenters. The fraction of sp³-hybridized carbons (Fsp3) is 0.167. The highest BCUT2D eigenvalue weighted by atomic mass is 79.9. The van der Waals surface area contributed by atoms with Gasteiger partial charge in [-0.15, -0.1) is 11.3 Å². The Bertz CT molecular complexity index is 623. The van der Waals surface area contributed by atoms with Crippen LogP contribution in [-0.4, -0.2) is 0 Å².